The lowest BCUT2D eigenvalue weighted by Crippen LogP contribution is -2.41. The molecule has 2 amide bonds. The fourth-order valence-electron chi connectivity index (χ4n) is 2.38. The van der Waals surface area contributed by atoms with Gasteiger partial charge in [0.25, 0.3) is 0 Å². The Labute approximate surface area is 159 Å². The molecule has 1 atom stereocenters. The molecule has 1 aromatic carbocycles. The van der Waals surface area contributed by atoms with Crippen molar-refractivity contribution in [3.05, 3.63) is 45.1 Å². The number of benzene rings is 1. The summed E-state index contributed by atoms with van der Waals surface area (Å²) in [7, 11) is 1.53. The van der Waals surface area contributed by atoms with E-state index in [-0.39, 0.29) is 26.0 Å². The van der Waals surface area contributed by atoms with Crippen molar-refractivity contribution in [2.75, 3.05) is 20.4 Å². The lowest BCUT2D eigenvalue weighted by Gasteiger charge is -2.14. The molecule has 26 heavy (non-hydrogen) atoms. The lowest BCUT2D eigenvalue weighted by molar-refractivity contribution is -0.139. The van der Waals surface area contributed by atoms with Crippen LogP contribution in [0, 0.1) is 0 Å². The van der Waals surface area contributed by atoms with Gasteiger partial charge in [-0.15, -0.1) is 11.3 Å². The molecule has 7 nitrogen and oxygen atoms in total. The number of amides is 2. The predicted octanol–water partition coefficient (Wildman–Crippen LogP) is 2.25. The Morgan fingerprint density at radius 2 is 1.96 bits per heavy atom. The van der Waals surface area contributed by atoms with Crippen LogP contribution in [-0.4, -0.2) is 32.3 Å². The molecule has 0 fully saturated rings. The van der Waals surface area contributed by atoms with Gasteiger partial charge in [-0.3, -0.25) is 9.59 Å². The first-order chi connectivity index (χ1) is 12.6. The van der Waals surface area contributed by atoms with Crippen LogP contribution in [0.2, 0.25) is 4.34 Å². The molecule has 0 saturated heterocycles. The molecule has 1 unspecified atom stereocenters. The lowest BCUT2D eigenvalue weighted by atomic mass is 10.2. The van der Waals surface area contributed by atoms with Gasteiger partial charge in [0.05, 0.1) is 4.34 Å². The number of halogens is 1. The number of thiophene rings is 1. The van der Waals surface area contributed by atoms with Crippen LogP contribution in [-0.2, 0) is 20.9 Å². The standard InChI is InChI=1S/C17H17ClN2O5S/c1-23-13(14-4-5-15(18)26-14)8-20-17(22)16(21)19-7-10-2-3-11-12(6-10)25-9-24-11/h2-6,13H,7-9H2,1H3,(H,19,21)(H,20,22). The van der Waals surface area contributed by atoms with Crippen molar-refractivity contribution in [1.29, 1.82) is 0 Å². The van der Waals surface area contributed by atoms with Crippen LogP contribution in [0.1, 0.15) is 16.5 Å². The van der Waals surface area contributed by atoms with Crippen LogP contribution >= 0.6 is 22.9 Å². The number of carbonyl (C=O) groups excluding carboxylic acids is 2. The molecular weight excluding hydrogens is 380 g/mol. The first-order valence-corrected chi connectivity index (χ1v) is 8.99. The molecule has 0 radical (unpaired) electrons. The van der Waals surface area contributed by atoms with Crippen molar-refractivity contribution in [3.63, 3.8) is 0 Å². The van der Waals surface area contributed by atoms with Crippen LogP contribution in [0.4, 0.5) is 0 Å². The zero-order chi connectivity index (χ0) is 18.5. The normalized spacial score (nSPS) is 13.3. The number of rotatable bonds is 6. The molecule has 1 aromatic heterocycles. The Balaban J connectivity index is 1.47. The molecule has 0 spiro atoms. The summed E-state index contributed by atoms with van der Waals surface area (Å²) in [4.78, 5) is 24.8. The molecule has 9 heteroatoms. The van der Waals surface area contributed by atoms with E-state index in [1.807, 2.05) is 6.07 Å². The minimum absolute atomic E-state index is 0.170. The number of carbonyl (C=O) groups is 2. The highest BCUT2D eigenvalue weighted by atomic mass is 35.5. The van der Waals surface area contributed by atoms with Crippen molar-refractivity contribution < 1.29 is 23.8 Å². The molecule has 138 valence electrons. The summed E-state index contributed by atoms with van der Waals surface area (Å²) in [6, 6.07) is 8.91. The Bertz CT molecular complexity index is 810. The van der Waals surface area contributed by atoms with Gasteiger partial charge in [0.1, 0.15) is 6.10 Å². The van der Waals surface area contributed by atoms with E-state index >= 15 is 0 Å². The van der Waals surface area contributed by atoms with Gasteiger partial charge >= 0.3 is 11.8 Å². The van der Waals surface area contributed by atoms with Gasteiger partial charge in [-0.2, -0.15) is 0 Å². The van der Waals surface area contributed by atoms with Crippen molar-refractivity contribution in [2.45, 2.75) is 12.6 Å². The van der Waals surface area contributed by atoms with Gasteiger partial charge < -0.3 is 24.8 Å². The predicted molar refractivity (Wildman–Crippen MR) is 96.5 cm³/mol. The van der Waals surface area contributed by atoms with Crippen molar-refractivity contribution in [1.82, 2.24) is 10.6 Å². The van der Waals surface area contributed by atoms with Gasteiger partial charge in [0.2, 0.25) is 6.79 Å². The molecule has 2 N–H and O–H groups in total. The quantitative estimate of drug-likeness (QED) is 0.731. The second-order valence-electron chi connectivity index (χ2n) is 5.45. The zero-order valence-corrected chi connectivity index (χ0v) is 15.5. The van der Waals surface area contributed by atoms with Crippen LogP contribution < -0.4 is 20.1 Å². The second kappa shape index (κ2) is 8.39. The summed E-state index contributed by atoms with van der Waals surface area (Å²) in [6.45, 7) is 0.560. The highest BCUT2D eigenvalue weighted by molar-refractivity contribution is 7.16. The maximum atomic E-state index is 12.0. The van der Waals surface area contributed by atoms with Crippen LogP contribution in [0.5, 0.6) is 11.5 Å². The molecule has 3 rings (SSSR count). The minimum atomic E-state index is -0.726. The first kappa shape index (κ1) is 18.5. The van der Waals surface area contributed by atoms with Crippen molar-refractivity contribution in [2.24, 2.45) is 0 Å². The van der Waals surface area contributed by atoms with Crippen molar-refractivity contribution >= 4 is 34.8 Å². The molecule has 0 saturated carbocycles. The van der Waals surface area contributed by atoms with Gasteiger partial charge in [0.15, 0.2) is 11.5 Å². The topological polar surface area (TPSA) is 85.9 Å². The SMILES string of the molecule is COC(CNC(=O)C(=O)NCc1ccc2c(c1)OCO2)c1ccc(Cl)s1. The first-order valence-electron chi connectivity index (χ1n) is 7.79. The summed E-state index contributed by atoms with van der Waals surface area (Å²) in [6.07, 6.45) is -0.363. The third kappa shape index (κ3) is 4.46. The number of ether oxygens (including phenoxy) is 3. The van der Waals surface area contributed by atoms with Gasteiger partial charge in [-0.1, -0.05) is 17.7 Å². The minimum Gasteiger partial charge on any atom is -0.454 e. The summed E-state index contributed by atoms with van der Waals surface area (Å²) in [5.74, 6) is -0.159. The maximum Gasteiger partial charge on any atom is 0.309 e. The molecule has 0 bridgehead atoms. The highest BCUT2D eigenvalue weighted by Gasteiger charge is 2.19. The second-order valence-corrected chi connectivity index (χ2v) is 7.19. The van der Waals surface area contributed by atoms with Gasteiger partial charge in [0, 0.05) is 25.1 Å². The van der Waals surface area contributed by atoms with Crippen LogP contribution in [0.3, 0.4) is 0 Å². The Kier molecular flexibility index (Phi) is 5.97. The number of methoxy groups -OCH3 is 1. The van der Waals surface area contributed by atoms with E-state index in [1.165, 1.54) is 18.4 Å². The Hall–Kier alpha value is -2.29. The summed E-state index contributed by atoms with van der Waals surface area (Å²) >= 11 is 7.27. The molecular formula is C17H17ClN2O5S. The smallest absolute Gasteiger partial charge is 0.309 e. The average molecular weight is 397 g/mol. The van der Waals surface area contributed by atoms with E-state index in [2.05, 4.69) is 10.6 Å². The molecule has 2 heterocycles. The van der Waals surface area contributed by atoms with E-state index < -0.39 is 11.8 Å². The van der Waals surface area contributed by atoms with Gasteiger partial charge in [-0.25, -0.2) is 0 Å². The molecule has 1 aliphatic heterocycles. The summed E-state index contributed by atoms with van der Waals surface area (Å²) in [5, 5.41) is 5.13. The average Bonchev–Trinajstić information content (AvgIpc) is 3.28. The van der Waals surface area contributed by atoms with E-state index in [4.69, 9.17) is 25.8 Å². The fraction of sp³-hybridized carbons (Fsp3) is 0.294. The van der Waals surface area contributed by atoms with Crippen LogP contribution in [0.15, 0.2) is 30.3 Å². The molecule has 2 aromatic rings. The fourth-order valence-corrected chi connectivity index (χ4v) is 3.52. The number of fused-ring (bicyclic) bond motifs is 1. The largest absolute Gasteiger partial charge is 0.454 e. The molecule has 1 aliphatic rings. The monoisotopic (exact) mass is 396 g/mol. The molecule has 0 aliphatic carbocycles. The summed E-state index contributed by atoms with van der Waals surface area (Å²) in [5.41, 5.74) is 0.804. The zero-order valence-electron chi connectivity index (χ0n) is 13.9. The Morgan fingerprint density at radius 1 is 1.19 bits per heavy atom. The Morgan fingerprint density at radius 3 is 2.69 bits per heavy atom. The third-order valence-corrected chi connectivity index (χ3v) is 5.06. The van der Waals surface area contributed by atoms with Gasteiger partial charge in [-0.05, 0) is 29.8 Å². The van der Waals surface area contributed by atoms with Crippen LogP contribution in [0.25, 0.3) is 0 Å². The van der Waals surface area contributed by atoms with E-state index in [9.17, 15) is 9.59 Å². The summed E-state index contributed by atoms with van der Waals surface area (Å²) < 4.78 is 16.5. The maximum absolute atomic E-state index is 12.0. The van der Waals surface area contributed by atoms with E-state index in [1.54, 1.807) is 24.3 Å². The number of hydrogen-bond acceptors (Lipinski definition) is 6. The third-order valence-electron chi connectivity index (χ3n) is 3.74. The van der Waals surface area contributed by atoms with Crippen molar-refractivity contribution in [3.8, 4) is 11.5 Å². The van der Waals surface area contributed by atoms with E-state index in [0.29, 0.717) is 15.8 Å². The highest BCUT2D eigenvalue weighted by Crippen LogP contribution is 2.32. The number of hydrogen-bond donors (Lipinski definition) is 2. The number of nitrogens with one attached hydrogen (secondary N) is 2. The van der Waals surface area contributed by atoms with E-state index in [0.717, 1.165) is 10.4 Å².